The van der Waals surface area contributed by atoms with Crippen molar-refractivity contribution in [3.63, 3.8) is 0 Å². The van der Waals surface area contributed by atoms with Crippen LogP contribution in [0.5, 0.6) is 0 Å². The van der Waals surface area contributed by atoms with Gasteiger partial charge in [0, 0.05) is 0 Å². The van der Waals surface area contributed by atoms with E-state index in [9.17, 15) is 4.39 Å². The van der Waals surface area contributed by atoms with E-state index in [1.807, 2.05) is 0 Å². The maximum atomic E-state index is 12.8. The zero-order chi connectivity index (χ0) is 12.3. The lowest BCUT2D eigenvalue weighted by atomic mass is 10.1. The van der Waals surface area contributed by atoms with Crippen molar-refractivity contribution in [1.82, 2.24) is 0 Å². The number of benzene rings is 1. The van der Waals surface area contributed by atoms with Gasteiger partial charge in [0.2, 0.25) is 0 Å². The van der Waals surface area contributed by atoms with Crippen LogP contribution in [0.15, 0.2) is 24.3 Å². The van der Waals surface area contributed by atoms with Gasteiger partial charge in [0.15, 0.2) is 0 Å². The summed E-state index contributed by atoms with van der Waals surface area (Å²) in [5, 5.41) is 9.06. The second-order valence-electron chi connectivity index (χ2n) is 4.21. The summed E-state index contributed by atoms with van der Waals surface area (Å²) >= 11 is 0. The van der Waals surface area contributed by atoms with E-state index in [-0.39, 0.29) is 18.0 Å². The van der Waals surface area contributed by atoms with Crippen LogP contribution < -0.4 is 0 Å². The Bertz CT molecular complexity index is 428. The molecule has 0 bridgehead atoms. The van der Waals surface area contributed by atoms with Crippen molar-refractivity contribution in [3.8, 4) is 11.8 Å². The Balaban J connectivity index is 1.99. The molecule has 2 unspecified atom stereocenters. The van der Waals surface area contributed by atoms with Gasteiger partial charge >= 0.3 is 0 Å². The van der Waals surface area contributed by atoms with Crippen molar-refractivity contribution >= 4 is 0 Å². The Kier molecular flexibility index (Phi) is 3.78. The Labute approximate surface area is 100 Å². The van der Waals surface area contributed by atoms with E-state index in [2.05, 4.69) is 11.8 Å². The predicted molar refractivity (Wildman–Crippen MR) is 62.7 cm³/mol. The molecule has 0 radical (unpaired) electrons. The van der Waals surface area contributed by atoms with Crippen molar-refractivity contribution in [1.29, 1.82) is 0 Å². The van der Waals surface area contributed by atoms with Crippen LogP contribution in [0.3, 0.4) is 0 Å². The Morgan fingerprint density at radius 1 is 1.35 bits per heavy atom. The minimum absolute atomic E-state index is 0.0103. The maximum Gasteiger partial charge on any atom is 0.123 e. The van der Waals surface area contributed by atoms with Crippen LogP contribution in [-0.4, -0.2) is 17.3 Å². The molecule has 1 saturated heterocycles. The molecule has 0 aliphatic carbocycles. The van der Waals surface area contributed by atoms with Gasteiger partial charge < -0.3 is 9.84 Å². The molecule has 1 aliphatic heterocycles. The molecule has 1 aliphatic rings. The first-order valence-corrected chi connectivity index (χ1v) is 5.75. The zero-order valence-corrected chi connectivity index (χ0v) is 9.69. The van der Waals surface area contributed by atoms with E-state index >= 15 is 0 Å². The average molecular weight is 234 g/mol. The molecule has 3 atom stereocenters. The molecular formula is C14H15FO2. The Hall–Kier alpha value is -1.37. The van der Waals surface area contributed by atoms with Gasteiger partial charge in [-0.1, -0.05) is 24.0 Å². The predicted octanol–water partition coefficient (Wildman–Crippen LogP) is 2.43. The topological polar surface area (TPSA) is 29.5 Å². The van der Waals surface area contributed by atoms with Gasteiger partial charge in [-0.05, 0) is 37.5 Å². The molecule has 1 N–H and O–H groups in total. The smallest absolute Gasteiger partial charge is 0.123 e. The van der Waals surface area contributed by atoms with Gasteiger partial charge in [-0.2, -0.15) is 0 Å². The number of halogens is 1. The molecule has 90 valence electrons. The van der Waals surface area contributed by atoms with Crippen molar-refractivity contribution in [2.24, 2.45) is 0 Å². The number of hydrogen-bond donors (Lipinski definition) is 1. The van der Waals surface area contributed by atoms with Crippen LogP contribution in [0.25, 0.3) is 0 Å². The second-order valence-corrected chi connectivity index (χ2v) is 4.21. The van der Waals surface area contributed by atoms with Crippen molar-refractivity contribution in [2.75, 3.05) is 0 Å². The minimum Gasteiger partial charge on any atom is -0.381 e. The standard InChI is InChI=1S/C14H15FO2/c1-10(16)2-7-13-8-9-14(17-13)11-3-5-12(15)6-4-11/h3-6,10,13-14,16H,8-9H2,1H3/t10-,13?,14?/m1/s1. The lowest BCUT2D eigenvalue weighted by molar-refractivity contribution is 0.0758. The number of aliphatic hydroxyl groups is 1. The van der Waals surface area contributed by atoms with Crippen LogP contribution in [0.1, 0.15) is 31.4 Å². The fraction of sp³-hybridized carbons (Fsp3) is 0.429. The second kappa shape index (κ2) is 5.31. The maximum absolute atomic E-state index is 12.8. The summed E-state index contributed by atoms with van der Waals surface area (Å²) in [7, 11) is 0. The summed E-state index contributed by atoms with van der Waals surface area (Å²) < 4.78 is 18.5. The molecule has 1 aromatic rings. The van der Waals surface area contributed by atoms with Gasteiger partial charge in [-0.3, -0.25) is 0 Å². The summed E-state index contributed by atoms with van der Waals surface area (Å²) in [5.41, 5.74) is 0.979. The Morgan fingerprint density at radius 2 is 2.06 bits per heavy atom. The third-order valence-electron chi connectivity index (χ3n) is 2.71. The van der Waals surface area contributed by atoms with E-state index in [4.69, 9.17) is 9.84 Å². The monoisotopic (exact) mass is 234 g/mol. The van der Waals surface area contributed by atoms with E-state index in [1.165, 1.54) is 12.1 Å². The molecule has 17 heavy (non-hydrogen) atoms. The SMILES string of the molecule is C[C@@H](O)C#CC1CCC(c2ccc(F)cc2)O1. The van der Waals surface area contributed by atoms with Crippen molar-refractivity contribution in [2.45, 2.75) is 38.1 Å². The molecule has 1 fully saturated rings. The van der Waals surface area contributed by atoms with Crippen LogP contribution in [0, 0.1) is 17.7 Å². The molecular weight excluding hydrogens is 219 g/mol. The summed E-state index contributed by atoms with van der Waals surface area (Å²) in [6, 6.07) is 6.36. The van der Waals surface area contributed by atoms with Crippen LogP contribution >= 0.6 is 0 Å². The summed E-state index contributed by atoms with van der Waals surface area (Å²) in [5.74, 6) is 5.35. The first-order valence-electron chi connectivity index (χ1n) is 5.75. The minimum atomic E-state index is -0.622. The van der Waals surface area contributed by atoms with Crippen LogP contribution in [0.4, 0.5) is 4.39 Å². The zero-order valence-electron chi connectivity index (χ0n) is 9.69. The van der Waals surface area contributed by atoms with E-state index < -0.39 is 6.10 Å². The molecule has 2 nitrogen and oxygen atoms in total. The molecule has 1 aromatic carbocycles. The number of aliphatic hydroxyl groups excluding tert-OH is 1. The van der Waals surface area contributed by atoms with Gasteiger partial charge in [0.05, 0.1) is 6.10 Å². The fourth-order valence-corrected chi connectivity index (χ4v) is 1.88. The number of rotatable bonds is 1. The van der Waals surface area contributed by atoms with E-state index in [1.54, 1.807) is 19.1 Å². The molecule has 0 saturated carbocycles. The molecule has 0 amide bonds. The molecule has 1 heterocycles. The number of ether oxygens (including phenoxy) is 1. The molecule has 3 heteroatoms. The third-order valence-corrected chi connectivity index (χ3v) is 2.71. The highest BCUT2D eigenvalue weighted by Gasteiger charge is 2.25. The molecule has 0 spiro atoms. The number of hydrogen-bond acceptors (Lipinski definition) is 2. The van der Waals surface area contributed by atoms with Gasteiger partial charge in [-0.25, -0.2) is 4.39 Å². The Morgan fingerprint density at radius 3 is 2.71 bits per heavy atom. The van der Waals surface area contributed by atoms with E-state index in [0.29, 0.717) is 0 Å². The van der Waals surface area contributed by atoms with Crippen molar-refractivity contribution < 1.29 is 14.2 Å². The highest BCUT2D eigenvalue weighted by molar-refractivity contribution is 5.21. The van der Waals surface area contributed by atoms with E-state index in [0.717, 1.165) is 18.4 Å². The lowest BCUT2D eigenvalue weighted by Gasteiger charge is -2.10. The first kappa shape index (κ1) is 12.1. The van der Waals surface area contributed by atoms with Crippen molar-refractivity contribution in [3.05, 3.63) is 35.6 Å². The van der Waals surface area contributed by atoms with Gasteiger partial charge in [-0.15, -0.1) is 0 Å². The summed E-state index contributed by atoms with van der Waals surface area (Å²) in [4.78, 5) is 0. The normalized spacial score (nSPS) is 25.1. The fourth-order valence-electron chi connectivity index (χ4n) is 1.88. The van der Waals surface area contributed by atoms with Gasteiger partial charge in [0.1, 0.15) is 18.0 Å². The largest absolute Gasteiger partial charge is 0.381 e. The first-order chi connectivity index (χ1) is 8.15. The summed E-state index contributed by atoms with van der Waals surface area (Å²) in [6.45, 7) is 1.62. The lowest BCUT2D eigenvalue weighted by Crippen LogP contribution is -2.05. The van der Waals surface area contributed by atoms with Gasteiger partial charge in [0.25, 0.3) is 0 Å². The summed E-state index contributed by atoms with van der Waals surface area (Å²) in [6.07, 6.45) is 0.971. The highest BCUT2D eigenvalue weighted by Crippen LogP contribution is 2.32. The van der Waals surface area contributed by atoms with Crippen LogP contribution in [0.2, 0.25) is 0 Å². The quantitative estimate of drug-likeness (QED) is 0.756. The molecule has 2 rings (SSSR count). The highest BCUT2D eigenvalue weighted by atomic mass is 19.1. The average Bonchev–Trinajstić information content (AvgIpc) is 2.76. The molecule has 0 aromatic heterocycles. The third kappa shape index (κ3) is 3.29. The van der Waals surface area contributed by atoms with Crippen LogP contribution in [-0.2, 0) is 4.74 Å².